The van der Waals surface area contributed by atoms with Crippen molar-refractivity contribution in [2.24, 2.45) is 0 Å². The Hall–Kier alpha value is -3.61. The van der Waals surface area contributed by atoms with E-state index in [1.54, 1.807) is 12.1 Å². The molecule has 1 aliphatic rings. The normalized spacial score (nSPS) is 18.6. The second-order valence-corrected chi connectivity index (χ2v) is 11.1. The van der Waals surface area contributed by atoms with Gasteiger partial charge in [0.05, 0.1) is 17.4 Å². The molecule has 2 aromatic heterocycles. The summed E-state index contributed by atoms with van der Waals surface area (Å²) in [5, 5.41) is 10.3. The maximum Gasteiger partial charge on any atom is 0.416 e. The smallest absolute Gasteiger partial charge is 0.416 e. The SMILES string of the molecule is O=C(CCc1ccnc(-c2ccc(C(F)(F)F)cc2)c1)C1[C@@H](O)CCN1S(=O)(=O)c1cc2cc(F)ccc2o1. The summed E-state index contributed by atoms with van der Waals surface area (Å²) in [7, 11) is -4.31. The van der Waals surface area contributed by atoms with Gasteiger partial charge < -0.3 is 9.52 Å². The lowest BCUT2D eigenvalue weighted by molar-refractivity contribution is -0.137. The standard InChI is InChI=1S/C27H22F4N2O5S/c28-20-6-8-24-18(14-20)15-25(38-24)39(36,37)33-12-10-23(35)26(33)22(34)7-1-16-9-11-32-21(13-16)17-2-4-19(5-3-17)27(29,30)31/h2-6,8-9,11,13-15,23,26,35H,1,7,10,12H2/t23-,26?/m0/s1. The number of furan rings is 1. The molecule has 3 heterocycles. The number of carbonyl (C=O) groups is 1. The molecule has 1 unspecified atom stereocenters. The maximum atomic E-state index is 13.5. The zero-order valence-corrected chi connectivity index (χ0v) is 21.0. The van der Waals surface area contributed by atoms with E-state index in [2.05, 4.69) is 4.98 Å². The fourth-order valence-electron chi connectivity index (χ4n) is 4.66. The summed E-state index contributed by atoms with van der Waals surface area (Å²) in [4.78, 5) is 17.3. The van der Waals surface area contributed by atoms with E-state index in [0.717, 1.165) is 28.6 Å². The minimum absolute atomic E-state index is 0.0534. The molecule has 5 rings (SSSR count). The van der Waals surface area contributed by atoms with Gasteiger partial charge in [0.1, 0.15) is 17.4 Å². The highest BCUT2D eigenvalue weighted by atomic mass is 32.2. The third-order valence-corrected chi connectivity index (χ3v) is 8.40. The molecule has 0 amide bonds. The molecule has 7 nitrogen and oxygen atoms in total. The van der Waals surface area contributed by atoms with Crippen LogP contribution in [0.15, 0.2) is 76.4 Å². The van der Waals surface area contributed by atoms with Crippen LogP contribution in [-0.2, 0) is 27.4 Å². The molecular formula is C27H22F4N2O5S. The Kier molecular flexibility index (Phi) is 7.04. The predicted molar refractivity (Wildman–Crippen MR) is 132 cm³/mol. The third-order valence-electron chi connectivity index (χ3n) is 6.66. The Morgan fingerprint density at radius 2 is 1.82 bits per heavy atom. The van der Waals surface area contributed by atoms with E-state index in [-0.39, 0.29) is 36.8 Å². The quantitative estimate of drug-likeness (QED) is 0.319. The van der Waals surface area contributed by atoms with Gasteiger partial charge in [0.15, 0.2) is 5.78 Å². The number of aliphatic hydroxyl groups excluding tert-OH is 1. The summed E-state index contributed by atoms with van der Waals surface area (Å²) in [6.07, 6.45) is -4.06. The summed E-state index contributed by atoms with van der Waals surface area (Å²) >= 11 is 0. The van der Waals surface area contributed by atoms with Crippen LogP contribution in [0.4, 0.5) is 17.6 Å². The van der Waals surface area contributed by atoms with E-state index in [9.17, 15) is 35.9 Å². The van der Waals surface area contributed by atoms with Gasteiger partial charge in [-0.05, 0) is 60.9 Å². The van der Waals surface area contributed by atoms with E-state index in [1.165, 1.54) is 30.5 Å². The fourth-order valence-corrected chi connectivity index (χ4v) is 6.26. The molecule has 2 atom stereocenters. The van der Waals surface area contributed by atoms with Crippen LogP contribution in [0.5, 0.6) is 0 Å². The molecule has 0 spiro atoms. The average Bonchev–Trinajstić information content (AvgIpc) is 3.51. The van der Waals surface area contributed by atoms with Crippen LogP contribution in [0, 0.1) is 5.82 Å². The van der Waals surface area contributed by atoms with E-state index < -0.39 is 50.6 Å². The van der Waals surface area contributed by atoms with Crippen molar-refractivity contribution in [2.45, 2.75) is 42.7 Å². The number of aromatic nitrogens is 1. The van der Waals surface area contributed by atoms with Gasteiger partial charge in [0.25, 0.3) is 10.0 Å². The highest BCUT2D eigenvalue weighted by molar-refractivity contribution is 7.89. The molecule has 1 fully saturated rings. The molecule has 204 valence electrons. The number of fused-ring (bicyclic) bond motifs is 1. The topological polar surface area (TPSA) is 101 Å². The Morgan fingerprint density at radius 3 is 2.54 bits per heavy atom. The van der Waals surface area contributed by atoms with Gasteiger partial charge in [-0.2, -0.15) is 17.5 Å². The molecule has 0 radical (unpaired) electrons. The van der Waals surface area contributed by atoms with Gasteiger partial charge in [-0.25, -0.2) is 12.8 Å². The number of rotatable bonds is 7. The van der Waals surface area contributed by atoms with E-state index >= 15 is 0 Å². The molecule has 12 heteroatoms. The minimum Gasteiger partial charge on any atom is -0.443 e. The zero-order chi connectivity index (χ0) is 27.9. The monoisotopic (exact) mass is 562 g/mol. The Labute approximate surface area is 220 Å². The zero-order valence-electron chi connectivity index (χ0n) is 20.2. The fraction of sp³-hybridized carbons (Fsp3) is 0.259. The number of aliphatic hydroxyl groups is 1. The van der Waals surface area contributed by atoms with E-state index in [4.69, 9.17) is 4.42 Å². The van der Waals surface area contributed by atoms with Crippen LogP contribution >= 0.6 is 0 Å². The number of Topliss-reactive ketones (excluding diaryl/α,β-unsaturated/α-hetero) is 1. The first-order valence-electron chi connectivity index (χ1n) is 12.0. The molecular weight excluding hydrogens is 540 g/mol. The van der Waals surface area contributed by atoms with Crippen LogP contribution in [0.2, 0.25) is 0 Å². The number of pyridine rings is 1. The van der Waals surface area contributed by atoms with E-state index in [0.29, 0.717) is 16.8 Å². The van der Waals surface area contributed by atoms with Crippen LogP contribution in [-0.4, -0.2) is 47.3 Å². The van der Waals surface area contributed by atoms with Crippen molar-refractivity contribution in [2.75, 3.05) is 6.54 Å². The Bertz CT molecular complexity index is 1630. The van der Waals surface area contributed by atoms with Crippen LogP contribution < -0.4 is 0 Å². The summed E-state index contributed by atoms with van der Waals surface area (Å²) in [6.45, 7) is -0.0986. The number of hydrogen-bond acceptors (Lipinski definition) is 6. The number of alkyl halides is 3. The number of carbonyl (C=O) groups excluding carboxylic acids is 1. The predicted octanol–water partition coefficient (Wildman–Crippen LogP) is 4.98. The van der Waals surface area contributed by atoms with Crippen molar-refractivity contribution in [3.8, 4) is 11.3 Å². The summed E-state index contributed by atoms with van der Waals surface area (Å²) in [6, 6.07) is 11.3. The van der Waals surface area contributed by atoms with E-state index in [1.807, 2.05) is 0 Å². The molecule has 39 heavy (non-hydrogen) atoms. The summed E-state index contributed by atoms with van der Waals surface area (Å²) < 4.78 is 85.0. The third kappa shape index (κ3) is 5.45. The van der Waals surface area contributed by atoms with Gasteiger partial charge >= 0.3 is 6.18 Å². The first-order chi connectivity index (χ1) is 18.4. The lowest BCUT2D eigenvalue weighted by Crippen LogP contribution is -2.45. The second-order valence-electron chi connectivity index (χ2n) is 9.25. The summed E-state index contributed by atoms with van der Waals surface area (Å²) in [5.74, 6) is -1.06. The number of halogens is 4. The van der Waals surface area contributed by atoms with Crippen molar-refractivity contribution >= 4 is 26.8 Å². The average molecular weight is 563 g/mol. The van der Waals surface area contributed by atoms with Gasteiger partial charge in [0, 0.05) is 36.2 Å². The van der Waals surface area contributed by atoms with Crippen LogP contribution in [0.3, 0.4) is 0 Å². The Balaban J connectivity index is 1.31. The van der Waals surface area contributed by atoms with Crippen LogP contribution in [0.1, 0.15) is 24.0 Å². The molecule has 4 aromatic rings. The highest BCUT2D eigenvalue weighted by Crippen LogP contribution is 2.33. The highest BCUT2D eigenvalue weighted by Gasteiger charge is 2.45. The molecule has 1 saturated heterocycles. The minimum atomic E-state index is -4.46. The molecule has 0 saturated carbocycles. The molecule has 1 N–H and O–H groups in total. The van der Waals surface area contributed by atoms with Crippen molar-refractivity contribution in [1.82, 2.24) is 9.29 Å². The number of sulfonamides is 1. The molecule has 1 aliphatic heterocycles. The van der Waals surface area contributed by atoms with Crippen molar-refractivity contribution < 1.29 is 40.3 Å². The maximum absolute atomic E-state index is 13.5. The van der Waals surface area contributed by atoms with Crippen molar-refractivity contribution in [1.29, 1.82) is 0 Å². The lowest BCUT2D eigenvalue weighted by atomic mass is 10.00. The van der Waals surface area contributed by atoms with Crippen molar-refractivity contribution in [3.63, 3.8) is 0 Å². The molecule has 2 aromatic carbocycles. The van der Waals surface area contributed by atoms with Gasteiger partial charge in [-0.15, -0.1) is 0 Å². The number of aryl methyl sites for hydroxylation is 1. The second kappa shape index (κ2) is 10.2. The Morgan fingerprint density at radius 1 is 1.08 bits per heavy atom. The number of hydrogen-bond donors (Lipinski definition) is 1. The van der Waals surface area contributed by atoms with Crippen LogP contribution in [0.25, 0.3) is 22.2 Å². The summed E-state index contributed by atoms with van der Waals surface area (Å²) in [5.41, 5.74) is 0.927. The van der Waals surface area contributed by atoms with Gasteiger partial charge in [-0.3, -0.25) is 9.78 Å². The molecule has 0 aliphatic carbocycles. The lowest BCUT2D eigenvalue weighted by Gasteiger charge is -2.23. The first kappa shape index (κ1) is 27.0. The first-order valence-corrected chi connectivity index (χ1v) is 13.4. The largest absolute Gasteiger partial charge is 0.443 e. The van der Waals surface area contributed by atoms with Crippen molar-refractivity contribution in [3.05, 3.63) is 83.8 Å². The number of benzene rings is 2. The van der Waals surface area contributed by atoms with Gasteiger partial charge in [0.2, 0.25) is 5.09 Å². The number of ketones is 1. The number of nitrogens with zero attached hydrogens (tertiary/aromatic N) is 2. The van der Waals surface area contributed by atoms with Gasteiger partial charge in [-0.1, -0.05) is 12.1 Å². The molecule has 0 bridgehead atoms.